The van der Waals surface area contributed by atoms with Gasteiger partial charge in [0.05, 0.1) is 0 Å². The Hall–Kier alpha value is -1.44. The molecule has 2 aromatic rings. The average molecular weight is 167 g/mol. The molecule has 0 aliphatic heterocycles. The van der Waals surface area contributed by atoms with Crippen LogP contribution in [-0.4, -0.2) is 12.4 Å². The molecular formula is C11H10BN. The van der Waals surface area contributed by atoms with Crippen molar-refractivity contribution in [2.24, 2.45) is 7.05 Å². The van der Waals surface area contributed by atoms with Crippen molar-refractivity contribution in [3.8, 4) is 0 Å². The molecule has 2 radical (unpaired) electrons. The Bertz CT molecular complexity index is 468. The highest BCUT2D eigenvalue weighted by Crippen LogP contribution is 2.21. The van der Waals surface area contributed by atoms with E-state index in [4.69, 9.17) is 7.85 Å². The summed E-state index contributed by atoms with van der Waals surface area (Å²) in [6.45, 7) is 3.74. The van der Waals surface area contributed by atoms with Crippen molar-refractivity contribution in [2.75, 3.05) is 0 Å². The molecule has 1 heterocycles. The van der Waals surface area contributed by atoms with Gasteiger partial charge < -0.3 is 4.57 Å². The van der Waals surface area contributed by atoms with Gasteiger partial charge in [0, 0.05) is 23.6 Å². The molecule has 0 bridgehead atoms. The van der Waals surface area contributed by atoms with E-state index in [9.17, 15) is 0 Å². The lowest BCUT2D eigenvalue weighted by Gasteiger charge is -2.02. The predicted octanol–water partition coefficient (Wildman–Crippen LogP) is 2.32. The van der Waals surface area contributed by atoms with E-state index in [1.54, 1.807) is 0 Å². The highest BCUT2D eigenvalue weighted by Gasteiger charge is 2.03. The van der Waals surface area contributed by atoms with E-state index in [1.165, 1.54) is 10.9 Å². The quantitative estimate of drug-likeness (QED) is 0.574. The van der Waals surface area contributed by atoms with E-state index in [-0.39, 0.29) is 0 Å². The minimum Gasteiger partial charge on any atom is -0.345 e. The molecule has 0 saturated carbocycles. The van der Waals surface area contributed by atoms with E-state index in [0.717, 1.165) is 5.69 Å². The molecular weight excluding hydrogens is 157 g/mol. The van der Waals surface area contributed by atoms with Crippen LogP contribution in [0.25, 0.3) is 16.4 Å². The van der Waals surface area contributed by atoms with Crippen LogP contribution in [0.5, 0.6) is 0 Å². The fourth-order valence-electron chi connectivity index (χ4n) is 1.60. The standard InChI is InChI=1S/C11H10BN/c1-8(12)11-7-9-5-3-4-6-10(9)13(11)2/h3-7H,1H2,2H3. The van der Waals surface area contributed by atoms with Crippen LogP contribution in [-0.2, 0) is 7.05 Å². The summed E-state index contributed by atoms with van der Waals surface area (Å²) in [7, 11) is 7.66. The van der Waals surface area contributed by atoms with E-state index in [0.29, 0.717) is 5.47 Å². The molecule has 62 valence electrons. The van der Waals surface area contributed by atoms with Crippen LogP contribution in [0.1, 0.15) is 5.69 Å². The van der Waals surface area contributed by atoms with E-state index < -0.39 is 0 Å². The maximum atomic E-state index is 5.66. The molecule has 0 amide bonds. The molecule has 0 aliphatic carbocycles. The van der Waals surface area contributed by atoms with Crippen LogP contribution < -0.4 is 0 Å². The monoisotopic (exact) mass is 167 g/mol. The van der Waals surface area contributed by atoms with Crippen molar-refractivity contribution >= 4 is 24.2 Å². The van der Waals surface area contributed by atoms with Crippen molar-refractivity contribution < 1.29 is 0 Å². The topological polar surface area (TPSA) is 4.93 Å². The molecule has 0 N–H and O–H groups in total. The van der Waals surface area contributed by atoms with Crippen molar-refractivity contribution in [3.63, 3.8) is 0 Å². The van der Waals surface area contributed by atoms with Gasteiger partial charge in [-0.05, 0) is 12.1 Å². The normalized spacial score (nSPS) is 10.5. The van der Waals surface area contributed by atoms with Gasteiger partial charge in [0.25, 0.3) is 0 Å². The number of aryl methyl sites for hydroxylation is 1. The number of para-hydroxylation sites is 1. The third-order valence-electron chi connectivity index (χ3n) is 2.28. The van der Waals surface area contributed by atoms with Crippen molar-refractivity contribution in [1.29, 1.82) is 0 Å². The summed E-state index contributed by atoms with van der Waals surface area (Å²) in [5.41, 5.74) is 2.78. The van der Waals surface area contributed by atoms with Gasteiger partial charge in [-0.3, -0.25) is 0 Å². The summed E-state index contributed by atoms with van der Waals surface area (Å²) in [4.78, 5) is 0. The number of aromatic nitrogens is 1. The van der Waals surface area contributed by atoms with Crippen LogP contribution in [0.4, 0.5) is 0 Å². The molecule has 0 saturated heterocycles. The Balaban J connectivity index is 2.81. The third kappa shape index (κ3) is 1.19. The summed E-state index contributed by atoms with van der Waals surface area (Å²) in [6, 6.07) is 10.2. The van der Waals surface area contributed by atoms with Gasteiger partial charge >= 0.3 is 0 Å². The molecule has 1 aromatic heterocycles. The second-order valence-corrected chi connectivity index (χ2v) is 3.17. The third-order valence-corrected chi connectivity index (χ3v) is 2.28. The van der Waals surface area contributed by atoms with E-state index in [1.807, 2.05) is 19.2 Å². The summed E-state index contributed by atoms with van der Waals surface area (Å²) < 4.78 is 2.05. The minimum absolute atomic E-state index is 0.610. The number of hydrogen-bond donors (Lipinski definition) is 0. The number of benzene rings is 1. The highest BCUT2D eigenvalue weighted by molar-refractivity contribution is 6.41. The van der Waals surface area contributed by atoms with Crippen LogP contribution in [0.15, 0.2) is 36.9 Å². The number of rotatable bonds is 1. The molecule has 2 heteroatoms. The summed E-state index contributed by atoms with van der Waals surface area (Å²) in [5.74, 6) is 0. The highest BCUT2D eigenvalue weighted by atomic mass is 14.9. The Labute approximate surface area is 79.1 Å². The summed E-state index contributed by atoms with van der Waals surface area (Å²) >= 11 is 0. The van der Waals surface area contributed by atoms with Crippen LogP contribution in [0.2, 0.25) is 0 Å². The summed E-state index contributed by atoms with van der Waals surface area (Å²) in [5, 5.41) is 1.20. The second-order valence-electron chi connectivity index (χ2n) is 3.17. The molecule has 0 unspecified atom stereocenters. The molecule has 1 nitrogen and oxygen atoms in total. The maximum Gasteiger partial charge on any atom is 0.115 e. The van der Waals surface area contributed by atoms with Crippen molar-refractivity contribution in [1.82, 2.24) is 4.57 Å². The van der Waals surface area contributed by atoms with Gasteiger partial charge in [-0.15, -0.1) is 6.58 Å². The predicted molar refractivity (Wildman–Crippen MR) is 57.7 cm³/mol. The number of nitrogens with zero attached hydrogens (tertiary/aromatic N) is 1. The van der Waals surface area contributed by atoms with Crippen LogP contribution >= 0.6 is 0 Å². The Morgan fingerprint density at radius 2 is 2.08 bits per heavy atom. The van der Waals surface area contributed by atoms with E-state index in [2.05, 4.69) is 29.3 Å². The van der Waals surface area contributed by atoms with Crippen LogP contribution in [0, 0.1) is 0 Å². The lowest BCUT2D eigenvalue weighted by atomic mass is 9.94. The van der Waals surface area contributed by atoms with Gasteiger partial charge in [-0.25, -0.2) is 0 Å². The van der Waals surface area contributed by atoms with Gasteiger partial charge in [0.2, 0.25) is 0 Å². The Morgan fingerprint density at radius 1 is 1.38 bits per heavy atom. The molecule has 0 aliphatic rings. The molecule has 0 spiro atoms. The zero-order chi connectivity index (χ0) is 9.42. The first kappa shape index (κ1) is 8.18. The van der Waals surface area contributed by atoms with Gasteiger partial charge in [0.15, 0.2) is 0 Å². The Morgan fingerprint density at radius 3 is 2.69 bits per heavy atom. The largest absolute Gasteiger partial charge is 0.345 e. The van der Waals surface area contributed by atoms with Crippen molar-refractivity contribution in [2.45, 2.75) is 0 Å². The van der Waals surface area contributed by atoms with Crippen LogP contribution in [0.3, 0.4) is 0 Å². The maximum absolute atomic E-state index is 5.66. The summed E-state index contributed by atoms with van der Waals surface area (Å²) in [6.07, 6.45) is 0. The SMILES string of the molecule is [B]C(=C)c1cc2ccccc2n1C. The molecule has 1 aromatic carbocycles. The molecule has 0 atom stereocenters. The molecule has 0 fully saturated rings. The minimum atomic E-state index is 0.610. The lowest BCUT2D eigenvalue weighted by molar-refractivity contribution is 0.953. The molecule has 13 heavy (non-hydrogen) atoms. The Kier molecular flexibility index (Phi) is 1.76. The molecule has 2 rings (SSSR count). The van der Waals surface area contributed by atoms with Crippen molar-refractivity contribution in [3.05, 3.63) is 42.6 Å². The first-order valence-corrected chi connectivity index (χ1v) is 4.19. The van der Waals surface area contributed by atoms with Gasteiger partial charge in [-0.2, -0.15) is 0 Å². The first-order chi connectivity index (χ1) is 6.20. The average Bonchev–Trinajstić information content (AvgIpc) is 2.45. The lowest BCUT2D eigenvalue weighted by Crippen LogP contribution is -1.93. The van der Waals surface area contributed by atoms with Gasteiger partial charge in [-0.1, -0.05) is 23.7 Å². The van der Waals surface area contributed by atoms with E-state index >= 15 is 0 Å². The fourth-order valence-corrected chi connectivity index (χ4v) is 1.60. The van der Waals surface area contributed by atoms with Gasteiger partial charge in [0.1, 0.15) is 7.85 Å². The number of fused-ring (bicyclic) bond motifs is 1. The zero-order valence-electron chi connectivity index (χ0n) is 7.62. The zero-order valence-corrected chi connectivity index (χ0v) is 7.62. The number of hydrogen-bond acceptors (Lipinski definition) is 0. The first-order valence-electron chi connectivity index (χ1n) is 4.19. The smallest absolute Gasteiger partial charge is 0.115 e. The second kappa shape index (κ2) is 2.80. The fraction of sp³-hybridized carbons (Fsp3) is 0.0909.